The van der Waals surface area contributed by atoms with Crippen LogP contribution in [0.5, 0.6) is 0 Å². The Morgan fingerprint density at radius 1 is 0.594 bits per heavy atom. The summed E-state index contributed by atoms with van der Waals surface area (Å²) in [4.78, 5) is 0. The fourth-order valence-corrected chi connectivity index (χ4v) is 6.05. The van der Waals surface area contributed by atoms with Gasteiger partial charge in [-0.3, -0.25) is 0 Å². The molecule has 6 rings (SSSR count). The molecule has 4 aromatic rings. The first-order valence-electron chi connectivity index (χ1n) is 11.6. The lowest BCUT2D eigenvalue weighted by molar-refractivity contribution is 0.353. The van der Waals surface area contributed by atoms with Gasteiger partial charge in [0.2, 0.25) is 0 Å². The predicted octanol–water partition coefficient (Wildman–Crippen LogP) is 8.12. The molecule has 0 amide bonds. The summed E-state index contributed by atoms with van der Waals surface area (Å²) in [5.74, 6) is 0. The lowest BCUT2D eigenvalue weighted by atomic mass is 9.67. The van der Waals surface area contributed by atoms with Gasteiger partial charge in [-0.25, -0.2) is 0 Å². The largest absolute Gasteiger partial charge is 0.192 e. The van der Waals surface area contributed by atoms with E-state index in [0.29, 0.717) is 0 Å². The third-order valence-corrected chi connectivity index (χ3v) is 7.50. The van der Waals surface area contributed by atoms with Crippen molar-refractivity contribution in [1.82, 2.24) is 0 Å². The number of rotatable bonds is 2. The summed E-state index contributed by atoms with van der Waals surface area (Å²) in [5, 5.41) is 9.59. The van der Waals surface area contributed by atoms with Gasteiger partial charge in [-0.1, -0.05) is 92.1 Å². The van der Waals surface area contributed by atoms with Crippen LogP contribution < -0.4 is 0 Å². The molecule has 32 heavy (non-hydrogen) atoms. The second kappa shape index (κ2) is 7.50. The Labute approximate surface area is 190 Å². The molecule has 0 heterocycles. The molecular weight excluding hydrogens is 386 g/mol. The van der Waals surface area contributed by atoms with E-state index < -0.39 is 0 Å². The monoisotopic (exact) mass is 411 g/mol. The van der Waals surface area contributed by atoms with Crippen LogP contribution in [0.3, 0.4) is 0 Å². The van der Waals surface area contributed by atoms with Crippen LogP contribution in [0.1, 0.15) is 48.8 Å². The minimum atomic E-state index is 0.0584. The van der Waals surface area contributed by atoms with Crippen molar-refractivity contribution < 1.29 is 0 Å². The maximum Gasteiger partial charge on any atom is 0.0991 e. The lowest BCUT2D eigenvalue weighted by Gasteiger charge is -2.36. The van der Waals surface area contributed by atoms with Gasteiger partial charge in [0.15, 0.2) is 0 Å². The molecule has 0 radical (unpaired) electrons. The van der Waals surface area contributed by atoms with E-state index in [9.17, 15) is 5.26 Å². The van der Waals surface area contributed by atoms with Gasteiger partial charge < -0.3 is 0 Å². The first kappa shape index (κ1) is 19.1. The van der Waals surface area contributed by atoms with Gasteiger partial charge in [-0.05, 0) is 75.5 Å². The zero-order chi connectivity index (χ0) is 21.5. The quantitative estimate of drug-likeness (QED) is 0.327. The Bertz CT molecular complexity index is 1350. The van der Waals surface area contributed by atoms with Gasteiger partial charge in [0.05, 0.1) is 11.6 Å². The van der Waals surface area contributed by atoms with Crippen molar-refractivity contribution in [2.45, 2.75) is 37.5 Å². The zero-order valence-electron chi connectivity index (χ0n) is 18.1. The van der Waals surface area contributed by atoms with Crippen LogP contribution in [-0.2, 0) is 5.41 Å². The fraction of sp³-hybridized carbons (Fsp3) is 0.194. The average molecular weight is 412 g/mol. The number of nitrogens with zero attached hydrogens (tertiary/aromatic N) is 1. The highest BCUT2D eigenvalue weighted by Gasteiger charge is 2.44. The highest BCUT2D eigenvalue weighted by atomic mass is 14.5. The average Bonchev–Trinajstić information content (AvgIpc) is 3.14. The lowest BCUT2D eigenvalue weighted by Crippen LogP contribution is -2.28. The molecule has 0 N–H and O–H groups in total. The van der Waals surface area contributed by atoms with Crippen molar-refractivity contribution in [3.63, 3.8) is 0 Å². The number of hydrogen-bond donors (Lipinski definition) is 0. The maximum absolute atomic E-state index is 9.59. The van der Waals surface area contributed by atoms with E-state index in [0.717, 1.165) is 5.56 Å². The summed E-state index contributed by atoms with van der Waals surface area (Å²) in [6, 6.07) is 35.1. The van der Waals surface area contributed by atoms with Crippen molar-refractivity contribution in [2.75, 3.05) is 0 Å². The van der Waals surface area contributed by atoms with Crippen molar-refractivity contribution in [3.8, 4) is 39.4 Å². The molecule has 0 atom stereocenters. The van der Waals surface area contributed by atoms with E-state index >= 15 is 0 Å². The number of hydrogen-bond acceptors (Lipinski definition) is 1. The first-order valence-corrected chi connectivity index (χ1v) is 11.6. The van der Waals surface area contributed by atoms with Crippen LogP contribution in [-0.4, -0.2) is 0 Å². The van der Waals surface area contributed by atoms with E-state index in [4.69, 9.17) is 0 Å². The third kappa shape index (κ3) is 2.84. The summed E-state index contributed by atoms with van der Waals surface area (Å²) < 4.78 is 0. The van der Waals surface area contributed by atoms with E-state index in [2.05, 4.69) is 91.0 Å². The SMILES string of the molecule is N#Cc1ccc2c(c1)C1(CCCCC1)c1cccc(-c3cccc(-c4ccccc4)c3)c1-2. The van der Waals surface area contributed by atoms with Gasteiger partial charge in [-0.2, -0.15) is 5.26 Å². The molecule has 0 aliphatic heterocycles. The third-order valence-electron chi connectivity index (χ3n) is 7.50. The maximum atomic E-state index is 9.59. The van der Waals surface area contributed by atoms with Crippen LogP contribution in [0.2, 0.25) is 0 Å². The summed E-state index contributed by atoms with van der Waals surface area (Å²) in [6.07, 6.45) is 6.17. The van der Waals surface area contributed by atoms with Crippen LogP contribution in [0.4, 0.5) is 0 Å². The molecule has 0 saturated heterocycles. The Balaban J connectivity index is 1.58. The van der Waals surface area contributed by atoms with E-state index in [1.165, 1.54) is 76.6 Å². The summed E-state index contributed by atoms with van der Waals surface area (Å²) in [5.41, 5.74) is 11.4. The topological polar surface area (TPSA) is 23.8 Å². The second-order valence-corrected chi connectivity index (χ2v) is 9.19. The molecule has 4 aromatic carbocycles. The van der Waals surface area contributed by atoms with Crippen LogP contribution in [0.15, 0.2) is 91.0 Å². The smallest absolute Gasteiger partial charge is 0.0991 e. The molecule has 1 nitrogen and oxygen atoms in total. The van der Waals surface area contributed by atoms with Crippen molar-refractivity contribution in [3.05, 3.63) is 108 Å². The summed E-state index contributed by atoms with van der Waals surface area (Å²) in [6.45, 7) is 0. The highest BCUT2D eigenvalue weighted by molar-refractivity contribution is 5.93. The molecule has 1 saturated carbocycles. The molecular formula is C31H25N. The van der Waals surface area contributed by atoms with E-state index in [-0.39, 0.29) is 5.41 Å². The van der Waals surface area contributed by atoms with Gasteiger partial charge >= 0.3 is 0 Å². The molecule has 1 fully saturated rings. The van der Waals surface area contributed by atoms with Gasteiger partial charge in [0.1, 0.15) is 0 Å². The minimum absolute atomic E-state index is 0.0584. The molecule has 1 spiro atoms. The summed E-state index contributed by atoms with van der Waals surface area (Å²) in [7, 11) is 0. The Morgan fingerprint density at radius 2 is 1.34 bits per heavy atom. The van der Waals surface area contributed by atoms with Crippen molar-refractivity contribution >= 4 is 0 Å². The van der Waals surface area contributed by atoms with Crippen LogP contribution in [0.25, 0.3) is 33.4 Å². The molecule has 2 aliphatic carbocycles. The van der Waals surface area contributed by atoms with Crippen LogP contribution >= 0.6 is 0 Å². The summed E-state index contributed by atoms with van der Waals surface area (Å²) >= 11 is 0. The number of fused-ring (bicyclic) bond motifs is 5. The fourth-order valence-electron chi connectivity index (χ4n) is 6.05. The molecule has 0 unspecified atom stereocenters. The van der Waals surface area contributed by atoms with E-state index in [1.807, 2.05) is 6.07 Å². The highest BCUT2D eigenvalue weighted by Crippen LogP contribution is 2.58. The minimum Gasteiger partial charge on any atom is -0.192 e. The zero-order valence-corrected chi connectivity index (χ0v) is 18.1. The van der Waals surface area contributed by atoms with Crippen LogP contribution in [0, 0.1) is 11.3 Å². The van der Waals surface area contributed by atoms with Crippen molar-refractivity contribution in [1.29, 1.82) is 5.26 Å². The Morgan fingerprint density at radius 3 is 2.16 bits per heavy atom. The molecule has 154 valence electrons. The number of benzene rings is 4. The van der Waals surface area contributed by atoms with Gasteiger partial charge in [0.25, 0.3) is 0 Å². The molecule has 0 bridgehead atoms. The molecule has 1 heteroatoms. The second-order valence-electron chi connectivity index (χ2n) is 9.19. The Hall–Kier alpha value is -3.63. The predicted molar refractivity (Wildman–Crippen MR) is 131 cm³/mol. The molecule has 0 aromatic heterocycles. The van der Waals surface area contributed by atoms with E-state index in [1.54, 1.807) is 0 Å². The van der Waals surface area contributed by atoms with Crippen molar-refractivity contribution in [2.24, 2.45) is 0 Å². The number of nitriles is 1. The van der Waals surface area contributed by atoms with Gasteiger partial charge in [0, 0.05) is 5.41 Å². The van der Waals surface area contributed by atoms with Gasteiger partial charge in [-0.15, -0.1) is 0 Å². The Kier molecular flexibility index (Phi) is 4.47. The first-order chi connectivity index (χ1) is 15.8. The molecule has 2 aliphatic rings. The standard InChI is InChI=1S/C31H25N/c32-21-22-15-16-27-29(19-22)31(17-5-2-6-18-31)28-14-8-13-26(30(27)28)25-12-7-11-24(20-25)23-9-3-1-4-10-23/h1,3-4,7-16,19-20H,2,5-6,17-18H2. The normalized spacial score (nSPS) is 15.7.